The number of aromatic nitrogens is 1. The van der Waals surface area contributed by atoms with Gasteiger partial charge in [-0.3, -0.25) is 0 Å². The van der Waals surface area contributed by atoms with E-state index in [0.717, 1.165) is 17.1 Å². The van der Waals surface area contributed by atoms with Crippen molar-refractivity contribution in [1.82, 2.24) is 10.3 Å². The summed E-state index contributed by atoms with van der Waals surface area (Å²) in [5.41, 5.74) is 4.42. The van der Waals surface area contributed by atoms with Crippen LogP contribution in [0.2, 0.25) is 0 Å². The molecule has 0 atom stereocenters. The number of allylic oxidation sites excluding steroid dienone is 2. The number of hydrogen-bond donors (Lipinski definition) is 2. The number of halogens is 1. The van der Waals surface area contributed by atoms with E-state index in [4.69, 9.17) is 4.99 Å². The molecule has 0 amide bonds. The van der Waals surface area contributed by atoms with Crippen LogP contribution in [0.5, 0.6) is 0 Å². The Bertz CT molecular complexity index is 547. The van der Waals surface area contributed by atoms with E-state index in [1.54, 1.807) is 0 Å². The zero-order valence-electron chi connectivity index (χ0n) is 13.3. The molecule has 0 radical (unpaired) electrons. The van der Waals surface area contributed by atoms with Gasteiger partial charge in [-0.1, -0.05) is 32.1 Å². The quantitative estimate of drug-likeness (QED) is 0.830. The van der Waals surface area contributed by atoms with E-state index < -0.39 is 0 Å². The number of nitrogens with zero attached hydrogens (tertiary/aromatic N) is 1. The Labute approximate surface area is 139 Å². The van der Waals surface area contributed by atoms with Crippen molar-refractivity contribution in [3.8, 4) is 0 Å². The minimum atomic E-state index is 0. The summed E-state index contributed by atoms with van der Waals surface area (Å²) in [5, 5.41) is 3.61. The average molecular weight is 320 g/mol. The molecule has 0 saturated heterocycles. The standard InChI is InChI=1S/C18H25N3.ClH/c1-14-12-17(16-10-7-11-19-16)21-18(14)13-20-15-8-5-3-2-4-6-9-15;/h7,10-13,15,19-20H,2-6,8-9H2,1H3;1H. The number of H-pyrrole nitrogens is 1. The van der Waals surface area contributed by atoms with Crippen LogP contribution in [0.3, 0.4) is 0 Å². The van der Waals surface area contributed by atoms with Crippen LogP contribution in [-0.2, 0) is 0 Å². The average Bonchev–Trinajstić information content (AvgIpc) is 3.07. The van der Waals surface area contributed by atoms with Gasteiger partial charge in [-0.05, 0) is 43.5 Å². The van der Waals surface area contributed by atoms with Crippen molar-refractivity contribution < 1.29 is 0 Å². The monoisotopic (exact) mass is 319 g/mol. The summed E-state index contributed by atoms with van der Waals surface area (Å²) in [5.74, 6) is 0. The lowest BCUT2D eigenvalue weighted by molar-refractivity contribution is 0.419. The second kappa shape index (κ2) is 8.23. The first kappa shape index (κ1) is 16.9. The summed E-state index contributed by atoms with van der Waals surface area (Å²) < 4.78 is 0. The highest BCUT2D eigenvalue weighted by atomic mass is 35.5. The zero-order chi connectivity index (χ0) is 14.5. The molecule has 0 aromatic carbocycles. The Balaban J connectivity index is 0.00000176. The Morgan fingerprint density at radius 3 is 2.59 bits per heavy atom. The van der Waals surface area contributed by atoms with Crippen LogP contribution in [0.4, 0.5) is 0 Å². The van der Waals surface area contributed by atoms with Crippen molar-refractivity contribution in [1.29, 1.82) is 0 Å². The number of hydrogen-bond acceptors (Lipinski definition) is 2. The van der Waals surface area contributed by atoms with Gasteiger partial charge < -0.3 is 10.3 Å². The van der Waals surface area contributed by atoms with Gasteiger partial charge in [-0.15, -0.1) is 12.4 Å². The van der Waals surface area contributed by atoms with E-state index in [0.29, 0.717) is 6.04 Å². The summed E-state index contributed by atoms with van der Waals surface area (Å²) in [6, 6.07) is 4.69. The van der Waals surface area contributed by atoms with Gasteiger partial charge in [0.15, 0.2) is 0 Å². The van der Waals surface area contributed by atoms with Gasteiger partial charge in [0.1, 0.15) is 0 Å². The maximum absolute atomic E-state index is 4.73. The summed E-state index contributed by atoms with van der Waals surface area (Å²) in [6.45, 7) is 2.13. The predicted octanol–water partition coefficient (Wildman–Crippen LogP) is 4.73. The van der Waals surface area contributed by atoms with Crippen molar-refractivity contribution in [3.05, 3.63) is 47.6 Å². The Kier molecular flexibility index (Phi) is 6.32. The van der Waals surface area contributed by atoms with Crippen molar-refractivity contribution in [3.63, 3.8) is 0 Å². The van der Waals surface area contributed by atoms with Crippen LogP contribution in [0.1, 0.15) is 57.6 Å². The van der Waals surface area contributed by atoms with Crippen LogP contribution in [0.25, 0.3) is 0 Å². The lowest BCUT2D eigenvalue weighted by atomic mass is 9.97. The predicted molar refractivity (Wildman–Crippen MR) is 95.7 cm³/mol. The second-order valence-corrected chi connectivity index (χ2v) is 6.15. The molecule has 1 aromatic heterocycles. The summed E-state index contributed by atoms with van der Waals surface area (Å²) in [7, 11) is 0. The molecule has 4 heteroatoms. The van der Waals surface area contributed by atoms with Crippen LogP contribution in [-0.4, -0.2) is 16.7 Å². The Morgan fingerprint density at radius 2 is 1.91 bits per heavy atom. The molecule has 0 unspecified atom stereocenters. The third-order valence-corrected chi connectivity index (χ3v) is 4.43. The van der Waals surface area contributed by atoms with Gasteiger partial charge in [-0.2, -0.15) is 0 Å². The molecule has 2 N–H and O–H groups in total. The molecule has 1 fully saturated rings. The molecule has 2 heterocycles. The molecule has 120 valence electrons. The molecule has 22 heavy (non-hydrogen) atoms. The number of aromatic amines is 1. The Hall–Kier alpha value is -1.48. The maximum atomic E-state index is 4.73. The van der Waals surface area contributed by atoms with Gasteiger partial charge in [0, 0.05) is 18.4 Å². The normalized spacial score (nSPS) is 21.6. The highest BCUT2D eigenvalue weighted by Crippen LogP contribution is 2.22. The van der Waals surface area contributed by atoms with E-state index in [9.17, 15) is 0 Å². The smallest absolute Gasteiger partial charge is 0.0875 e. The number of aliphatic imine (C=N–C) groups is 1. The fourth-order valence-electron chi connectivity index (χ4n) is 3.12. The van der Waals surface area contributed by atoms with Gasteiger partial charge in [-0.25, -0.2) is 4.99 Å². The lowest BCUT2D eigenvalue weighted by Crippen LogP contribution is -2.25. The highest BCUT2D eigenvalue weighted by Gasteiger charge is 2.14. The molecule has 3 nitrogen and oxygen atoms in total. The zero-order valence-corrected chi connectivity index (χ0v) is 14.1. The second-order valence-electron chi connectivity index (χ2n) is 6.15. The first-order chi connectivity index (χ1) is 10.3. The summed E-state index contributed by atoms with van der Waals surface area (Å²) in [6.07, 6.45) is 15.7. The molecule has 1 aliphatic heterocycles. The fraction of sp³-hybridized carbons (Fsp3) is 0.500. The maximum Gasteiger partial charge on any atom is 0.0875 e. The van der Waals surface area contributed by atoms with Crippen molar-refractivity contribution in [2.24, 2.45) is 4.99 Å². The summed E-state index contributed by atoms with van der Waals surface area (Å²) >= 11 is 0. The van der Waals surface area contributed by atoms with Gasteiger partial charge in [0.2, 0.25) is 0 Å². The van der Waals surface area contributed by atoms with Crippen LogP contribution in [0, 0.1) is 0 Å². The van der Waals surface area contributed by atoms with Crippen molar-refractivity contribution >= 4 is 18.1 Å². The lowest BCUT2D eigenvalue weighted by Gasteiger charge is -2.20. The van der Waals surface area contributed by atoms with E-state index in [-0.39, 0.29) is 12.4 Å². The van der Waals surface area contributed by atoms with E-state index in [1.165, 1.54) is 50.5 Å². The van der Waals surface area contributed by atoms with Crippen LogP contribution < -0.4 is 5.32 Å². The Morgan fingerprint density at radius 1 is 1.18 bits per heavy atom. The molecule has 1 aliphatic carbocycles. The molecular weight excluding hydrogens is 294 g/mol. The van der Waals surface area contributed by atoms with E-state index >= 15 is 0 Å². The van der Waals surface area contributed by atoms with Gasteiger partial charge >= 0.3 is 0 Å². The number of nitrogens with one attached hydrogen (secondary N) is 2. The SMILES string of the molecule is CC1=CC(c2ccc[nH]2)=NC1=CNC1CCCCCCC1.Cl. The third-order valence-electron chi connectivity index (χ3n) is 4.43. The molecular formula is C18H26ClN3. The van der Waals surface area contributed by atoms with Gasteiger partial charge in [0.25, 0.3) is 0 Å². The van der Waals surface area contributed by atoms with Crippen LogP contribution >= 0.6 is 12.4 Å². The molecule has 1 aromatic rings. The molecule has 2 aliphatic rings. The molecule has 0 spiro atoms. The topological polar surface area (TPSA) is 40.2 Å². The van der Waals surface area contributed by atoms with Crippen molar-refractivity contribution in [2.75, 3.05) is 0 Å². The first-order valence-electron chi connectivity index (χ1n) is 8.20. The van der Waals surface area contributed by atoms with Crippen molar-refractivity contribution in [2.45, 2.75) is 57.9 Å². The largest absolute Gasteiger partial charge is 0.386 e. The first-order valence-corrected chi connectivity index (χ1v) is 8.20. The fourth-order valence-corrected chi connectivity index (χ4v) is 3.12. The van der Waals surface area contributed by atoms with Crippen LogP contribution in [0.15, 0.2) is 46.9 Å². The van der Waals surface area contributed by atoms with E-state index in [1.807, 2.05) is 12.3 Å². The summed E-state index contributed by atoms with van der Waals surface area (Å²) in [4.78, 5) is 7.95. The highest BCUT2D eigenvalue weighted by molar-refractivity contribution is 6.10. The molecule has 0 bridgehead atoms. The van der Waals surface area contributed by atoms with Gasteiger partial charge in [0.05, 0.1) is 17.1 Å². The molecule has 3 rings (SSSR count). The number of rotatable bonds is 3. The molecule has 1 saturated carbocycles. The third kappa shape index (κ3) is 4.26. The minimum absolute atomic E-state index is 0. The van der Waals surface area contributed by atoms with E-state index in [2.05, 4.69) is 35.6 Å². The minimum Gasteiger partial charge on any atom is -0.386 e.